The van der Waals surface area contributed by atoms with Crippen molar-refractivity contribution in [2.45, 2.75) is 18.9 Å². The van der Waals surface area contributed by atoms with E-state index in [1.54, 1.807) is 35.3 Å². The lowest BCUT2D eigenvalue weighted by Gasteiger charge is -2.32. The topological polar surface area (TPSA) is 73.1 Å². The van der Waals surface area contributed by atoms with Crippen molar-refractivity contribution in [3.8, 4) is 11.7 Å². The lowest BCUT2D eigenvalue weighted by molar-refractivity contribution is 0.0577. The highest BCUT2D eigenvalue weighted by Gasteiger charge is 2.28. The van der Waals surface area contributed by atoms with Crippen LogP contribution in [0.2, 0.25) is 0 Å². The van der Waals surface area contributed by atoms with Crippen molar-refractivity contribution >= 4 is 5.91 Å². The minimum atomic E-state index is -0.851. The van der Waals surface area contributed by atoms with Crippen molar-refractivity contribution in [2.75, 3.05) is 13.1 Å². The first kappa shape index (κ1) is 18.0. The molecule has 144 valence electrons. The monoisotopic (exact) mass is 385 g/mol. The second-order valence-electron chi connectivity index (χ2n) is 6.39. The molecule has 0 spiro atoms. The van der Waals surface area contributed by atoms with Gasteiger partial charge in [0.1, 0.15) is 23.3 Å². The van der Waals surface area contributed by atoms with E-state index in [9.17, 15) is 13.6 Å². The van der Waals surface area contributed by atoms with Crippen molar-refractivity contribution in [3.05, 3.63) is 66.0 Å². The molecule has 0 N–H and O–H groups in total. The fourth-order valence-corrected chi connectivity index (χ4v) is 3.11. The molecule has 1 aliphatic rings. The molecule has 9 heteroatoms. The van der Waals surface area contributed by atoms with E-state index < -0.39 is 23.1 Å². The van der Waals surface area contributed by atoms with E-state index in [0.29, 0.717) is 37.6 Å². The van der Waals surface area contributed by atoms with E-state index in [1.165, 1.54) is 11.0 Å². The number of carbonyl (C=O) groups is 1. The standard InChI is InChI=1S/C19H17F2N5O2/c20-14-3-1-4-15(21)18(14)19(27)25-11-7-13(8-12-25)28-17-6-5-16(23-24-17)26-10-2-9-22-26/h1-6,9-10,13H,7-8,11-12H2. The Bertz CT molecular complexity index is 935. The fraction of sp³-hybridized carbons (Fsp3) is 0.263. The number of hydrogen-bond acceptors (Lipinski definition) is 5. The summed E-state index contributed by atoms with van der Waals surface area (Å²) in [5.41, 5.74) is -0.512. The third-order valence-electron chi connectivity index (χ3n) is 4.56. The van der Waals surface area contributed by atoms with E-state index >= 15 is 0 Å². The maximum atomic E-state index is 13.8. The number of aromatic nitrogens is 4. The van der Waals surface area contributed by atoms with Gasteiger partial charge in [-0.3, -0.25) is 4.79 Å². The SMILES string of the molecule is O=C(c1c(F)cccc1F)N1CCC(Oc2ccc(-n3cccn3)nn2)CC1. The fourth-order valence-electron chi connectivity index (χ4n) is 3.11. The van der Waals surface area contributed by atoms with Gasteiger partial charge in [0.05, 0.1) is 0 Å². The predicted octanol–water partition coefficient (Wildman–Crippen LogP) is 2.62. The zero-order valence-electron chi connectivity index (χ0n) is 14.8. The van der Waals surface area contributed by atoms with Gasteiger partial charge in [0.25, 0.3) is 5.91 Å². The van der Waals surface area contributed by atoms with E-state index in [4.69, 9.17) is 4.74 Å². The van der Waals surface area contributed by atoms with Crippen LogP contribution in [0.3, 0.4) is 0 Å². The molecule has 1 fully saturated rings. The summed E-state index contributed by atoms with van der Waals surface area (Å²) >= 11 is 0. The predicted molar refractivity (Wildman–Crippen MR) is 95.1 cm³/mol. The summed E-state index contributed by atoms with van der Waals surface area (Å²) in [5, 5.41) is 12.2. The summed E-state index contributed by atoms with van der Waals surface area (Å²) in [4.78, 5) is 13.9. The van der Waals surface area contributed by atoms with Gasteiger partial charge in [0.15, 0.2) is 5.82 Å². The van der Waals surface area contributed by atoms with Crippen LogP contribution in [0.15, 0.2) is 48.8 Å². The lowest BCUT2D eigenvalue weighted by atomic mass is 10.1. The van der Waals surface area contributed by atoms with E-state index in [0.717, 1.165) is 12.1 Å². The lowest BCUT2D eigenvalue weighted by Crippen LogP contribution is -2.42. The van der Waals surface area contributed by atoms with Crippen LogP contribution < -0.4 is 4.74 Å². The average Bonchev–Trinajstić information content (AvgIpc) is 3.24. The highest BCUT2D eigenvalue weighted by atomic mass is 19.1. The second-order valence-corrected chi connectivity index (χ2v) is 6.39. The Balaban J connectivity index is 1.35. The highest BCUT2D eigenvalue weighted by Crippen LogP contribution is 2.21. The van der Waals surface area contributed by atoms with Crippen LogP contribution in [0, 0.1) is 11.6 Å². The van der Waals surface area contributed by atoms with E-state index in [-0.39, 0.29) is 6.10 Å². The molecule has 0 aliphatic carbocycles. The number of amides is 1. The van der Waals surface area contributed by atoms with Gasteiger partial charge < -0.3 is 9.64 Å². The summed E-state index contributed by atoms with van der Waals surface area (Å²) in [5.74, 6) is -1.39. The minimum Gasteiger partial charge on any atom is -0.473 e. The van der Waals surface area contributed by atoms with E-state index in [1.807, 2.05) is 0 Å². The number of hydrogen-bond donors (Lipinski definition) is 0. The molecule has 0 radical (unpaired) electrons. The van der Waals surface area contributed by atoms with Crippen LogP contribution in [0.25, 0.3) is 5.82 Å². The molecule has 0 atom stereocenters. The van der Waals surface area contributed by atoms with Gasteiger partial charge in [0.2, 0.25) is 5.88 Å². The van der Waals surface area contributed by atoms with Crippen LogP contribution in [0.4, 0.5) is 8.78 Å². The van der Waals surface area contributed by atoms with E-state index in [2.05, 4.69) is 15.3 Å². The molecular formula is C19H17F2N5O2. The summed E-state index contributed by atoms with van der Waals surface area (Å²) < 4.78 is 35.0. The van der Waals surface area contributed by atoms with Crippen molar-refractivity contribution in [1.29, 1.82) is 0 Å². The molecular weight excluding hydrogens is 368 g/mol. The van der Waals surface area contributed by atoms with Crippen LogP contribution in [-0.2, 0) is 0 Å². The molecule has 3 heterocycles. The molecule has 4 rings (SSSR count). The molecule has 28 heavy (non-hydrogen) atoms. The first-order valence-corrected chi connectivity index (χ1v) is 8.85. The number of nitrogens with zero attached hydrogens (tertiary/aromatic N) is 5. The number of benzene rings is 1. The minimum absolute atomic E-state index is 0.153. The Kier molecular flexibility index (Phi) is 4.96. The summed E-state index contributed by atoms with van der Waals surface area (Å²) in [6.45, 7) is 0.687. The van der Waals surface area contributed by atoms with Crippen LogP contribution in [0.1, 0.15) is 23.2 Å². The average molecular weight is 385 g/mol. The highest BCUT2D eigenvalue weighted by molar-refractivity contribution is 5.94. The van der Waals surface area contributed by atoms with Crippen LogP contribution >= 0.6 is 0 Å². The molecule has 1 amide bonds. The molecule has 0 bridgehead atoms. The quantitative estimate of drug-likeness (QED) is 0.690. The maximum Gasteiger partial charge on any atom is 0.259 e. The number of halogens is 2. The number of ether oxygens (including phenoxy) is 1. The van der Waals surface area contributed by atoms with Gasteiger partial charge >= 0.3 is 0 Å². The van der Waals surface area contributed by atoms with Gasteiger partial charge in [0, 0.05) is 44.4 Å². The molecule has 0 saturated carbocycles. The maximum absolute atomic E-state index is 13.8. The first-order valence-electron chi connectivity index (χ1n) is 8.85. The van der Waals surface area contributed by atoms with Gasteiger partial charge in [-0.2, -0.15) is 5.10 Å². The number of rotatable bonds is 4. The summed E-state index contributed by atoms with van der Waals surface area (Å²) in [6.07, 6.45) is 4.32. The van der Waals surface area contributed by atoms with Crippen molar-refractivity contribution < 1.29 is 18.3 Å². The summed E-state index contributed by atoms with van der Waals surface area (Å²) in [7, 11) is 0. The molecule has 1 aliphatic heterocycles. The normalized spacial score (nSPS) is 14.9. The van der Waals surface area contributed by atoms with Gasteiger partial charge in [-0.25, -0.2) is 13.5 Å². The Morgan fingerprint density at radius 1 is 1.04 bits per heavy atom. The number of carbonyl (C=O) groups excluding carboxylic acids is 1. The Morgan fingerprint density at radius 3 is 2.39 bits per heavy atom. The summed E-state index contributed by atoms with van der Waals surface area (Å²) in [6, 6.07) is 8.63. The smallest absolute Gasteiger partial charge is 0.259 e. The van der Waals surface area contributed by atoms with Crippen LogP contribution in [0.5, 0.6) is 5.88 Å². The third kappa shape index (κ3) is 3.68. The number of likely N-dealkylation sites (tertiary alicyclic amines) is 1. The molecule has 2 aromatic heterocycles. The van der Waals surface area contributed by atoms with Gasteiger partial charge in [-0.1, -0.05) is 6.07 Å². The van der Waals surface area contributed by atoms with Crippen molar-refractivity contribution in [3.63, 3.8) is 0 Å². The van der Waals surface area contributed by atoms with Gasteiger partial charge in [-0.15, -0.1) is 10.2 Å². The molecule has 1 saturated heterocycles. The van der Waals surface area contributed by atoms with Crippen molar-refractivity contribution in [1.82, 2.24) is 24.9 Å². The first-order chi connectivity index (χ1) is 13.6. The Labute approximate surface area is 159 Å². The number of piperidine rings is 1. The largest absolute Gasteiger partial charge is 0.473 e. The Morgan fingerprint density at radius 2 is 1.79 bits per heavy atom. The molecule has 0 unspecified atom stereocenters. The molecule has 3 aromatic rings. The van der Waals surface area contributed by atoms with Crippen molar-refractivity contribution in [2.24, 2.45) is 0 Å². The third-order valence-corrected chi connectivity index (χ3v) is 4.56. The zero-order chi connectivity index (χ0) is 19.5. The van der Waals surface area contributed by atoms with Gasteiger partial charge in [-0.05, 0) is 24.3 Å². The molecule has 7 nitrogen and oxygen atoms in total. The second kappa shape index (κ2) is 7.71. The van der Waals surface area contributed by atoms with Crippen LogP contribution in [-0.4, -0.2) is 50.0 Å². The zero-order valence-corrected chi connectivity index (χ0v) is 14.8. The Hall–Kier alpha value is -3.36. The molecule has 1 aromatic carbocycles.